The van der Waals surface area contributed by atoms with E-state index in [0.29, 0.717) is 0 Å². The minimum absolute atomic E-state index is 0.852. The number of hydrogen-bond acceptors (Lipinski definition) is 3. The lowest BCUT2D eigenvalue weighted by molar-refractivity contribution is 0.507. The van der Waals surface area contributed by atoms with E-state index in [-0.39, 0.29) is 0 Å². The normalized spacial score (nSPS) is 14.8. The van der Waals surface area contributed by atoms with E-state index < -0.39 is 0 Å². The van der Waals surface area contributed by atoms with Crippen LogP contribution in [0.4, 0.5) is 5.82 Å². The van der Waals surface area contributed by atoms with Crippen LogP contribution < -0.4 is 0 Å². The highest BCUT2D eigenvalue weighted by molar-refractivity contribution is 5.64. The largest absolute Gasteiger partial charge is 0.361 e. The van der Waals surface area contributed by atoms with Gasteiger partial charge in [0.05, 0.1) is 6.34 Å². The SMILES string of the molecule is CN1C=Nc2ncccc2C1. The summed E-state index contributed by atoms with van der Waals surface area (Å²) in [6.45, 7) is 0.909. The Morgan fingerprint density at radius 2 is 2.45 bits per heavy atom. The van der Waals surface area contributed by atoms with Crippen LogP contribution in [-0.2, 0) is 6.54 Å². The van der Waals surface area contributed by atoms with E-state index in [1.54, 1.807) is 12.5 Å². The van der Waals surface area contributed by atoms with Crippen molar-refractivity contribution in [3.05, 3.63) is 23.9 Å². The van der Waals surface area contributed by atoms with E-state index in [1.165, 1.54) is 5.56 Å². The van der Waals surface area contributed by atoms with Gasteiger partial charge in [-0.2, -0.15) is 0 Å². The van der Waals surface area contributed by atoms with Crippen LogP contribution in [0.2, 0.25) is 0 Å². The molecule has 0 spiro atoms. The van der Waals surface area contributed by atoms with Crippen molar-refractivity contribution in [3.63, 3.8) is 0 Å². The molecular formula is C8H9N3. The number of pyridine rings is 1. The molecule has 3 nitrogen and oxygen atoms in total. The van der Waals surface area contributed by atoms with Crippen LogP contribution in [-0.4, -0.2) is 23.3 Å². The zero-order valence-electron chi connectivity index (χ0n) is 6.36. The fraction of sp³-hybridized carbons (Fsp3) is 0.250. The molecule has 0 N–H and O–H groups in total. The molecule has 2 heterocycles. The van der Waals surface area contributed by atoms with Gasteiger partial charge in [0.1, 0.15) is 0 Å². The molecule has 0 atom stereocenters. The molecule has 0 radical (unpaired) electrons. The molecule has 3 heteroatoms. The molecule has 0 unspecified atom stereocenters. The van der Waals surface area contributed by atoms with Gasteiger partial charge in [-0.15, -0.1) is 0 Å². The fourth-order valence-electron chi connectivity index (χ4n) is 1.13. The van der Waals surface area contributed by atoms with Crippen molar-refractivity contribution in [1.29, 1.82) is 0 Å². The Morgan fingerprint density at radius 3 is 3.36 bits per heavy atom. The van der Waals surface area contributed by atoms with Crippen molar-refractivity contribution in [2.24, 2.45) is 4.99 Å². The van der Waals surface area contributed by atoms with Crippen molar-refractivity contribution >= 4 is 12.2 Å². The molecule has 1 aromatic heterocycles. The Kier molecular flexibility index (Phi) is 1.35. The molecular weight excluding hydrogens is 138 g/mol. The lowest BCUT2D eigenvalue weighted by Crippen LogP contribution is -2.18. The number of hydrogen-bond donors (Lipinski definition) is 0. The molecule has 1 aliphatic heterocycles. The monoisotopic (exact) mass is 147 g/mol. The number of aliphatic imine (C=N–C) groups is 1. The van der Waals surface area contributed by atoms with Crippen LogP contribution in [0, 0.1) is 0 Å². The standard InChI is InChI=1S/C8H9N3/c1-11-5-7-3-2-4-9-8(7)10-6-11/h2-4,6H,5H2,1H3. The fourth-order valence-corrected chi connectivity index (χ4v) is 1.13. The molecule has 0 bridgehead atoms. The van der Waals surface area contributed by atoms with E-state index in [4.69, 9.17) is 0 Å². The summed E-state index contributed by atoms with van der Waals surface area (Å²) < 4.78 is 0. The highest BCUT2D eigenvalue weighted by atomic mass is 15.2. The van der Waals surface area contributed by atoms with Crippen molar-refractivity contribution in [2.75, 3.05) is 7.05 Å². The Labute approximate surface area is 65.4 Å². The molecule has 0 amide bonds. The Balaban J connectivity index is 2.46. The second-order valence-corrected chi connectivity index (χ2v) is 2.65. The van der Waals surface area contributed by atoms with Crippen molar-refractivity contribution < 1.29 is 0 Å². The summed E-state index contributed by atoms with van der Waals surface area (Å²) in [6.07, 6.45) is 3.57. The van der Waals surface area contributed by atoms with Crippen molar-refractivity contribution in [3.8, 4) is 0 Å². The van der Waals surface area contributed by atoms with E-state index in [2.05, 4.69) is 16.0 Å². The van der Waals surface area contributed by atoms with Gasteiger partial charge < -0.3 is 4.90 Å². The smallest absolute Gasteiger partial charge is 0.158 e. The molecule has 56 valence electrons. The lowest BCUT2D eigenvalue weighted by atomic mass is 10.2. The van der Waals surface area contributed by atoms with Crippen molar-refractivity contribution in [1.82, 2.24) is 9.88 Å². The molecule has 1 aromatic rings. The third kappa shape index (κ3) is 1.09. The van der Waals surface area contributed by atoms with Gasteiger partial charge in [0, 0.05) is 25.4 Å². The van der Waals surface area contributed by atoms with Crippen LogP contribution in [0.3, 0.4) is 0 Å². The number of nitrogens with zero attached hydrogens (tertiary/aromatic N) is 3. The third-order valence-corrected chi connectivity index (χ3v) is 1.66. The first-order valence-electron chi connectivity index (χ1n) is 3.54. The first kappa shape index (κ1) is 6.34. The molecule has 0 saturated carbocycles. The molecule has 11 heavy (non-hydrogen) atoms. The Morgan fingerprint density at radius 1 is 1.55 bits per heavy atom. The third-order valence-electron chi connectivity index (χ3n) is 1.66. The van der Waals surface area contributed by atoms with E-state index in [1.807, 2.05) is 18.0 Å². The summed E-state index contributed by atoms with van der Waals surface area (Å²) in [5.74, 6) is 0.852. The zero-order valence-corrected chi connectivity index (χ0v) is 6.36. The zero-order chi connectivity index (χ0) is 7.68. The van der Waals surface area contributed by atoms with Gasteiger partial charge in [-0.05, 0) is 6.07 Å². The molecule has 2 rings (SSSR count). The van der Waals surface area contributed by atoms with Gasteiger partial charge in [-0.3, -0.25) is 0 Å². The number of aromatic nitrogens is 1. The second kappa shape index (κ2) is 2.34. The maximum Gasteiger partial charge on any atom is 0.158 e. The first-order valence-corrected chi connectivity index (χ1v) is 3.54. The average Bonchev–Trinajstić information content (AvgIpc) is 2.04. The second-order valence-electron chi connectivity index (χ2n) is 2.65. The Bertz CT molecular complexity index is 293. The maximum atomic E-state index is 4.16. The van der Waals surface area contributed by atoms with E-state index >= 15 is 0 Å². The quantitative estimate of drug-likeness (QED) is 0.551. The topological polar surface area (TPSA) is 28.5 Å². The summed E-state index contributed by atoms with van der Waals surface area (Å²) in [5, 5.41) is 0. The lowest BCUT2D eigenvalue weighted by Gasteiger charge is -2.17. The van der Waals surface area contributed by atoms with E-state index in [0.717, 1.165) is 12.4 Å². The summed E-state index contributed by atoms with van der Waals surface area (Å²) >= 11 is 0. The molecule has 0 aromatic carbocycles. The van der Waals surface area contributed by atoms with Gasteiger partial charge in [0.25, 0.3) is 0 Å². The van der Waals surface area contributed by atoms with Crippen LogP contribution in [0.5, 0.6) is 0 Å². The number of fused-ring (bicyclic) bond motifs is 1. The van der Waals surface area contributed by atoms with Crippen LogP contribution in [0.15, 0.2) is 23.3 Å². The molecule has 0 saturated heterocycles. The van der Waals surface area contributed by atoms with Gasteiger partial charge in [-0.1, -0.05) is 6.07 Å². The van der Waals surface area contributed by atoms with Crippen LogP contribution >= 0.6 is 0 Å². The maximum absolute atomic E-state index is 4.16. The van der Waals surface area contributed by atoms with Crippen molar-refractivity contribution in [2.45, 2.75) is 6.54 Å². The first-order chi connectivity index (χ1) is 5.36. The van der Waals surface area contributed by atoms with E-state index in [9.17, 15) is 0 Å². The number of rotatable bonds is 0. The predicted octanol–water partition coefficient (Wildman–Crippen LogP) is 1.19. The Hall–Kier alpha value is -1.38. The average molecular weight is 147 g/mol. The van der Waals surface area contributed by atoms with Gasteiger partial charge in [0.2, 0.25) is 0 Å². The van der Waals surface area contributed by atoms with Crippen LogP contribution in [0.25, 0.3) is 0 Å². The highest BCUT2D eigenvalue weighted by Crippen LogP contribution is 2.18. The van der Waals surface area contributed by atoms with Gasteiger partial charge in [-0.25, -0.2) is 9.98 Å². The molecule has 1 aliphatic rings. The minimum atomic E-state index is 0.852. The van der Waals surface area contributed by atoms with Gasteiger partial charge >= 0.3 is 0 Å². The molecule has 0 aliphatic carbocycles. The minimum Gasteiger partial charge on any atom is -0.361 e. The predicted molar refractivity (Wildman–Crippen MR) is 43.9 cm³/mol. The summed E-state index contributed by atoms with van der Waals surface area (Å²) in [7, 11) is 2.00. The highest BCUT2D eigenvalue weighted by Gasteiger charge is 2.07. The summed E-state index contributed by atoms with van der Waals surface area (Å²) in [5.41, 5.74) is 1.19. The van der Waals surface area contributed by atoms with Crippen LogP contribution in [0.1, 0.15) is 5.56 Å². The summed E-state index contributed by atoms with van der Waals surface area (Å²) in [6, 6.07) is 3.99. The summed E-state index contributed by atoms with van der Waals surface area (Å²) in [4.78, 5) is 10.3. The van der Waals surface area contributed by atoms with Gasteiger partial charge in [0.15, 0.2) is 5.82 Å². The molecule has 0 fully saturated rings.